The topological polar surface area (TPSA) is 82.8 Å². The number of fused-ring (bicyclic) bond motifs is 2. The van der Waals surface area contributed by atoms with Crippen molar-refractivity contribution in [1.82, 2.24) is 9.55 Å². The lowest BCUT2D eigenvalue weighted by Gasteiger charge is -2.15. The van der Waals surface area contributed by atoms with Crippen molar-refractivity contribution in [2.24, 2.45) is 0 Å². The molecule has 1 aromatic heterocycles. The van der Waals surface area contributed by atoms with Gasteiger partial charge in [-0.05, 0) is 37.1 Å². The second-order valence-electron chi connectivity index (χ2n) is 7.91. The molecular weight excluding hydrogens is 420 g/mol. The van der Waals surface area contributed by atoms with Gasteiger partial charge in [0, 0.05) is 17.7 Å². The van der Waals surface area contributed by atoms with Gasteiger partial charge in [0.15, 0.2) is 17.6 Å². The number of carbonyl (C=O) groups is 1. The zero-order valence-corrected chi connectivity index (χ0v) is 18.2. The van der Waals surface area contributed by atoms with Crippen molar-refractivity contribution in [3.05, 3.63) is 66.7 Å². The maximum absolute atomic E-state index is 11.7. The first-order valence-electron chi connectivity index (χ1n) is 11.0. The van der Waals surface area contributed by atoms with Gasteiger partial charge in [-0.1, -0.05) is 43.7 Å². The fourth-order valence-electron chi connectivity index (χ4n) is 3.98. The molecule has 7 heteroatoms. The van der Waals surface area contributed by atoms with Crippen LogP contribution in [-0.2, 0) is 4.79 Å². The van der Waals surface area contributed by atoms with Crippen molar-refractivity contribution in [3.63, 3.8) is 0 Å². The molecule has 1 atom stereocenters. The third kappa shape index (κ3) is 4.09. The average Bonchev–Trinajstić information content (AvgIpc) is 3.45. The maximum atomic E-state index is 11.7. The van der Waals surface area contributed by atoms with E-state index in [1.54, 1.807) is 6.07 Å². The van der Waals surface area contributed by atoms with E-state index in [-0.39, 0.29) is 6.79 Å². The highest BCUT2D eigenvalue weighted by molar-refractivity contribution is 5.85. The molecule has 1 N–H and O–H groups in total. The number of aromatic nitrogens is 2. The molecule has 7 nitrogen and oxygen atoms in total. The lowest BCUT2D eigenvalue weighted by Crippen LogP contribution is -2.26. The Kier molecular flexibility index (Phi) is 5.60. The van der Waals surface area contributed by atoms with Crippen molar-refractivity contribution < 1.29 is 24.1 Å². The van der Waals surface area contributed by atoms with Crippen molar-refractivity contribution in [1.29, 1.82) is 0 Å². The Labute approximate surface area is 191 Å². The molecule has 5 rings (SSSR count). The van der Waals surface area contributed by atoms with Gasteiger partial charge in [-0.25, -0.2) is 9.78 Å². The molecule has 0 saturated carbocycles. The maximum Gasteiger partial charge on any atom is 0.344 e. The summed E-state index contributed by atoms with van der Waals surface area (Å²) in [5, 5.41) is 9.58. The molecule has 0 fully saturated rings. The minimum absolute atomic E-state index is 0.196. The smallest absolute Gasteiger partial charge is 0.344 e. The molecule has 3 aromatic carbocycles. The van der Waals surface area contributed by atoms with Crippen LogP contribution >= 0.6 is 0 Å². The second kappa shape index (κ2) is 8.86. The molecule has 1 unspecified atom stereocenters. The largest absolute Gasteiger partial charge is 0.479 e. The lowest BCUT2D eigenvalue weighted by atomic mass is 10.1. The average molecular weight is 444 g/mol. The number of unbranched alkanes of at least 4 members (excludes halogenated alkanes) is 1. The molecule has 33 heavy (non-hydrogen) atoms. The Morgan fingerprint density at radius 1 is 1.09 bits per heavy atom. The SMILES string of the molecule is CCCCC(Oc1ccc2nc(-c3ccccc3)n(-c3ccc4c(c3)OCO4)c2c1)C(=O)O. The molecular formula is C26H24N2O5. The number of hydrogen-bond acceptors (Lipinski definition) is 5. The van der Waals surface area contributed by atoms with Gasteiger partial charge >= 0.3 is 5.97 Å². The summed E-state index contributed by atoms with van der Waals surface area (Å²) in [4.78, 5) is 16.6. The van der Waals surface area contributed by atoms with Crippen molar-refractivity contribution >= 4 is 17.0 Å². The van der Waals surface area contributed by atoms with Gasteiger partial charge in [0.2, 0.25) is 6.79 Å². The van der Waals surface area contributed by atoms with E-state index in [9.17, 15) is 9.90 Å². The Morgan fingerprint density at radius 3 is 2.70 bits per heavy atom. The first-order chi connectivity index (χ1) is 16.1. The van der Waals surface area contributed by atoms with Crippen molar-refractivity contribution in [3.8, 4) is 34.3 Å². The quantitative estimate of drug-likeness (QED) is 0.389. The Morgan fingerprint density at radius 2 is 1.91 bits per heavy atom. The molecule has 2 heterocycles. The van der Waals surface area contributed by atoms with Gasteiger partial charge in [-0.2, -0.15) is 0 Å². The number of carboxylic acid groups (broad SMARTS) is 1. The minimum atomic E-state index is -0.960. The molecule has 0 aliphatic carbocycles. The predicted octanol–water partition coefficient (Wildman–Crippen LogP) is 5.44. The first kappa shape index (κ1) is 20.9. The van der Waals surface area contributed by atoms with E-state index >= 15 is 0 Å². The van der Waals surface area contributed by atoms with Crippen LogP contribution in [0.5, 0.6) is 17.2 Å². The van der Waals surface area contributed by atoms with E-state index in [1.807, 2.05) is 72.2 Å². The number of aliphatic carboxylic acids is 1. The van der Waals surface area contributed by atoms with Gasteiger partial charge in [0.05, 0.1) is 16.7 Å². The summed E-state index contributed by atoms with van der Waals surface area (Å²) in [6.45, 7) is 2.22. The molecule has 4 aromatic rings. The van der Waals surface area contributed by atoms with Gasteiger partial charge in [-0.15, -0.1) is 0 Å². The summed E-state index contributed by atoms with van der Waals surface area (Å²) in [7, 11) is 0. The monoisotopic (exact) mass is 444 g/mol. The van der Waals surface area contributed by atoms with Crippen LogP contribution < -0.4 is 14.2 Å². The number of hydrogen-bond donors (Lipinski definition) is 1. The third-order valence-corrected chi connectivity index (χ3v) is 5.65. The Balaban J connectivity index is 1.63. The molecule has 1 aliphatic rings. The molecule has 0 saturated heterocycles. The number of imidazole rings is 1. The van der Waals surface area contributed by atoms with E-state index in [4.69, 9.17) is 19.2 Å². The van der Waals surface area contributed by atoms with Crippen LogP contribution in [0.1, 0.15) is 26.2 Å². The summed E-state index contributed by atoms with van der Waals surface area (Å²) in [5.74, 6) is 1.67. The standard InChI is InChI=1S/C26H24N2O5/c1-2-3-9-23(26(29)30)33-19-11-12-20-21(15-19)28(25(27-20)17-7-5-4-6-8-17)18-10-13-22-24(14-18)32-16-31-22/h4-8,10-15,23H,2-3,9,16H2,1H3,(H,29,30). The van der Waals surface area contributed by atoms with Crippen molar-refractivity contribution in [2.75, 3.05) is 6.79 Å². The van der Waals surface area contributed by atoms with Crippen LogP contribution in [0, 0.1) is 0 Å². The first-order valence-corrected chi connectivity index (χ1v) is 11.0. The van der Waals surface area contributed by atoms with Crippen LogP contribution in [0.15, 0.2) is 66.7 Å². The van der Waals surface area contributed by atoms with Gasteiger partial charge < -0.3 is 19.3 Å². The zero-order chi connectivity index (χ0) is 22.8. The van der Waals surface area contributed by atoms with E-state index in [2.05, 4.69) is 0 Å². The van der Waals surface area contributed by atoms with Crippen LogP contribution in [-0.4, -0.2) is 33.5 Å². The summed E-state index contributed by atoms with van der Waals surface area (Å²) in [6.07, 6.45) is 1.26. The van der Waals surface area contributed by atoms with Crippen LogP contribution in [0.4, 0.5) is 0 Å². The summed E-state index contributed by atoms with van der Waals surface area (Å²) in [6, 6.07) is 21.2. The van der Waals surface area contributed by atoms with Crippen LogP contribution in [0.2, 0.25) is 0 Å². The number of nitrogens with zero attached hydrogens (tertiary/aromatic N) is 2. The van der Waals surface area contributed by atoms with Crippen LogP contribution in [0.3, 0.4) is 0 Å². The highest BCUT2D eigenvalue weighted by Crippen LogP contribution is 2.37. The van der Waals surface area contributed by atoms with Crippen LogP contribution in [0.25, 0.3) is 28.1 Å². The second-order valence-corrected chi connectivity index (χ2v) is 7.91. The third-order valence-electron chi connectivity index (χ3n) is 5.65. The molecule has 168 valence electrons. The molecule has 0 amide bonds. The summed E-state index contributed by atoms with van der Waals surface area (Å²) < 4.78 is 19.0. The molecule has 0 spiro atoms. The van der Waals surface area contributed by atoms with E-state index < -0.39 is 12.1 Å². The number of ether oxygens (including phenoxy) is 3. The Bertz CT molecular complexity index is 1300. The van der Waals surface area contributed by atoms with E-state index in [0.717, 1.165) is 41.0 Å². The normalized spacial score (nSPS) is 13.2. The molecule has 0 bridgehead atoms. The van der Waals surface area contributed by atoms with Gasteiger partial charge in [0.25, 0.3) is 0 Å². The fraction of sp³-hybridized carbons (Fsp3) is 0.231. The van der Waals surface area contributed by atoms with E-state index in [0.29, 0.717) is 23.7 Å². The summed E-state index contributed by atoms with van der Waals surface area (Å²) in [5.41, 5.74) is 3.41. The summed E-state index contributed by atoms with van der Waals surface area (Å²) >= 11 is 0. The highest BCUT2D eigenvalue weighted by atomic mass is 16.7. The highest BCUT2D eigenvalue weighted by Gasteiger charge is 2.22. The Hall–Kier alpha value is -4.00. The fourth-order valence-corrected chi connectivity index (χ4v) is 3.98. The molecule has 1 aliphatic heterocycles. The number of carboxylic acids is 1. The van der Waals surface area contributed by atoms with E-state index in [1.165, 1.54) is 0 Å². The number of rotatable bonds is 8. The number of benzene rings is 3. The lowest BCUT2D eigenvalue weighted by molar-refractivity contribution is -0.145. The van der Waals surface area contributed by atoms with Gasteiger partial charge in [-0.3, -0.25) is 4.57 Å². The predicted molar refractivity (Wildman–Crippen MR) is 124 cm³/mol. The van der Waals surface area contributed by atoms with Gasteiger partial charge in [0.1, 0.15) is 11.6 Å². The zero-order valence-electron chi connectivity index (χ0n) is 18.2. The minimum Gasteiger partial charge on any atom is -0.479 e. The van der Waals surface area contributed by atoms with Crippen molar-refractivity contribution in [2.45, 2.75) is 32.3 Å². The molecule has 0 radical (unpaired) electrons.